The Morgan fingerprint density at radius 1 is 1.10 bits per heavy atom. The number of benzene rings is 1. The molecular weight excluding hydrogens is 372 g/mol. The molecule has 0 atom stereocenters. The van der Waals surface area contributed by atoms with Crippen molar-refractivity contribution in [1.82, 2.24) is 9.88 Å². The highest BCUT2D eigenvalue weighted by Crippen LogP contribution is 2.28. The number of nitrogens with zero attached hydrogens (tertiary/aromatic N) is 3. The molecule has 2 amide bonds. The fourth-order valence-corrected chi connectivity index (χ4v) is 3.26. The van der Waals surface area contributed by atoms with E-state index in [9.17, 15) is 14.7 Å². The van der Waals surface area contributed by atoms with Crippen molar-refractivity contribution in [2.75, 3.05) is 43.5 Å². The maximum Gasteiger partial charge on any atom is 0.278 e. The van der Waals surface area contributed by atoms with Gasteiger partial charge >= 0.3 is 0 Å². The third kappa shape index (κ3) is 4.59. The maximum atomic E-state index is 12.4. The molecule has 2 aromatic rings. The predicted molar refractivity (Wildman–Crippen MR) is 110 cm³/mol. The molecule has 1 fully saturated rings. The fraction of sp³-hybridized carbons (Fsp3) is 0.381. The molecule has 2 heterocycles. The van der Waals surface area contributed by atoms with Crippen LogP contribution in [0.25, 0.3) is 0 Å². The van der Waals surface area contributed by atoms with Crippen molar-refractivity contribution in [3.8, 4) is 11.5 Å². The molecule has 1 aromatic carbocycles. The molecule has 0 saturated carbocycles. The van der Waals surface area contributed by atoms with Gasteiger partial charge in [0.05, 0.1) is 7.11 Å². The highest BCUT2D eigenvalue weighted by Gasteiger charge is 2.23. The number of nitrogens with one attached hydrogen (secondary N) is 1. The summed E-state index contributed by atoms with van der Waals surface area (Å²) in [4.78, 5) is 32.6. The van der Waals surface area contributed by atoms with E-state index >= 15 is 0 Å². The van der Waals surface area contributed by atoms with Crippen LogP contribution in [0.5, 0.6) is 11.5 Å². The molecule has 0 bridgehead atoms. The van der Waals surface area contributed by atoms with Crippen molar-refractivity contribution < 1.29 is 19.4 Å². The van der Waals surface area contributed by atoms with Gasteiger partial charge in [0.1, 0.15) is 0 Å². The van der Waals surface area contributed by atoms with Gasteiger partial charge < -0.3 is 25.0 Å². The number of anilines is 2. The molecule has 8 nitrogen and oxygen atoms in total. The minimum atomic E-state index is -0.519. The standard InChI is InChI=1S/C21H26N4O4/c1-14(2)21(28)25-12-10-24(11-13-25)16-6-4-15(5-7-16)23-20(27)18-19(26)17(29-3)8-9-22-18/h4-9,14,26H,10-13H2,1-3H3,(H,23,27). The van der Waals surface area contributed by atoms with Crippen LogP contribution in [0.1, 0.15) is 24.3 Å². The monoisotopic (exact) mass is 398 g/mol. The Morgan fingerprint density at radius 2 is 1.76 bits per heavy atom. The SMILES string of the molecule is COc1ccnc(C(=O)Nc2ccc(N3CCN(C(=O)C(C)C)CC3)cc2)c1O. The van der Waals surface area contributed by atoms with Crippen molar-refractivity contribution in [3.63, 3.8) is 0 Å². The third-order valence-electron chi connectivity index (χ3n) is 4.90. The molecule has 1 saturated heterocycles. The Hall–Kier alpha value is -3.29. The molecular formula is C21H26N4O4. The average molecular weight is 398 g/mol. The normalized spacial score (nSPS) is 14.1. The Morgan fingerprint density at radius 3 is 2.34 bits per heavy atom. The van der Waals surface area contributed by atoms with Crippen LogP contribution in [0.2, 0.25) is 0 Å². The fourth-order valence-electron chi connectivity index (χ4n) is 3.26. The molecule has 0 spiro atoms. The number of hydrogen-bond donors (Lipinski definition) is 2. The van der Waals surface area contributed by atoms with E-state index in [4.69, 9.17) is 4.74 Å². The molecule has 1 aliphatic rings. The number of amides is 2. The highest BCUT2D eigenvalue weighted by atomic mass is 16.5. The summed E-state index contributed by atoms with van der Waals surface area (Å²) in [6.45, 7) is 6.79. The lowest BCUT2D eigenvalue weighted by atomic mass is 10.1. The van der Waals surface area contributed by atoms with Crippen LogP contribution in [0.4, 0.5) is 11.4 Å². The van der Waals surface area contributed by atoms with Crippen LogP contribution >= 0.6 is 0 Å². The van der Waals surface area contributed by atoms with Gasteiger partial charge in [-0.2, -0.15) is 0 Å². The highest BCUT2D eigenvalue weighted by molar-refractivity contribution is 6.05. The summed E-state index contributed by atoms with van der Waals surface area (Å²) in [7, 11) is 1.41. The van der Waals surface area contributed by atoms with E-state index in [2.05, 4.69) is 15.2 Å². The molecule has 1 aliphatic heterocycles. The van der Waals surface area contributed by atoms with E-state index in [0.29, 0.717) is 18.8 Å². The average Bonchev–Trinajstić information content (AvgIpc) is 2.74. The second-order valence-corrected chi connectivity index (χ2v) is 7.18. The number of carbonyl (C=O) groups excluding carboxylic acids is 2. The molecule has 0 radical (unpaired) electrons. The number of rotatable bonds is 5. The molecule has 29 heavy (non-hydrogen) atoms. The number of piperazine rings is 1. The summed E-state index contributed by atoms with van der Waals surface area (Å²) < 4.78 is 5.00. The third-order valence-corrected chi connectivity index (χ3v) is 4.90. The number of carbonyl (C=O) groups is 2. The zero-order valence-electron chi connectivity index (χ0n) is 16.9. The first kappa shape index (κ1) is 20.4. The van der Waals surface area contributed by atoms with E-state index in [0.717, 1.165) is 18.8 Å². The van der Waals surface area contributed by atoms with Gasteiger partial charge in [-0.1, -0.05) is 13.8 Å². The number of hydrogen-bond acceptors (Lipinski definition) is 6. The lowest BCUT2D eigenvalue weighted by Crippen LogP contribution is -2.49. The van der Waals surface area contributed by atoms with Crippen molar-refractivity contribution in [2.45, 2.75) is 13.8 Å². The maximum absolute atomic E-state index is 12.4. The van der Waals surface area contributed by atoms with Gasteiger partial charge in [0.25, 0.3) is 5.91 Å². The molecule has 1 aromatic heterocycles. The van der Waals surface area contributed by atoms with Crippen molar-refractivity contribution in [2.24, 2.45) is 5.92 Å². The van der Waals surface area contributed by atoms with Crippen molar-refractivity contribution >= 4 is 23.2 Å². The quantitative estimate of drug-likeness (QED) is 0.803. The zero-order valence-corrected chi connectivity index (χ0v) is 16.9. The summed E-state index contributed by atoms with van der Waals surface area (Å²) in [5.74, 6) is -0.413. The first-order valence-electron chi connectivity index (χ1n) is 9.57. The van der Waals surface area contributed by atoms with Crippen LogP contribution in [0, 0.1) is 5.92 Å². The number of ether oxygens (including phenoxy) is 1. The Kier molecular flexibility index (Phi) is 6.21. The smallest absolute Gasteiger partial charge is 0.278 e. The summed E-state index contributed by atoms with van der Waals surface area (Å²) in [5.41, 5.74) is 1.53. The number of aromatic hydroxyl groups is 1. The van der Waals surface area contributed by atoms with E-state index in [1.54, 1.807) is 12.1 Å². The van der Waals surface area contributed by atoms with Crippen LogP contribution in [0.3, 0.4) is 0 Å². The number of pyridine rings is 1. The topological polar surface area (TPSA) is 95.0 Å². The lowest BCUT2D eigenvalue weighted by Gasteiger charge is -2.37. The molecule has 2 N–H and O–H groups in total. The first-order valence-corrected chi connectivity index (χ1v) is 9.57. The predicted octanol–water partition coefficient (Wildman–Crippen LogP) is 2.35. The Bertz CT molecular complexity index is 875. The van der Waals surface area contributed by atoms with Gasteiger partial charge in [0, 0.05) is 55.7 Å². The van der Waals surface area contributed by atoms with Crippen LogP contribution < -0.4 is 15.0 Å². The Balaban J connectivity index is 1.61. The molecule has 3 rings (SSSR count). The van der Waals surface area contributed by atoms with Gasteiger partial charge in [-0.3, -0.25) is 9.59 Å². The van der Waals surface area contributed by atoms with Crippen LogP contribution in [0.15, 0.2) is 36.5 Å². The van der Waals surface area contributed by atoms with Crippen molar-refractivity contribution in [1.29, 1.82) is 0 Å². The molecule has 154 valence electrons. The minimum Gasteiger partial charge on any atom is -0.503 e. The number of aromatic nitrogens is 1. The van der Waals surface area contributed by atoms with Gasteiger partial charge in [-0.15, -0.1) is 0 Å². The number of methoxy groups -OCH3 is 1. The molecule has 8 heteroatoms. The summed E-state index contributed by atoms with van der Waals surface area (Å²) >= 11 is 0. The van der Waals surface area contributed by atoms with E-state index in [1.165, 1.54) is 19.4 Å². The van der Waals surface area contributed by atoms with Crippen molar-refractivity contribution in [3.05, 3.63) is 42.2 Å². The summed E-state index contributed by atoms with van der Waals surface area (Å²) in [6.07, 6.45) is 1.40. The first-order chi connectivity index (χ1) is 13.9. The second kappa shape index (κ2) is 8.81. The second-order valence-electron chi connectivity index (χ2n) is 7.18. The van der Waals surface area contributed by atoms with E-state index in [1.807, 2.05) is 30.9 Å². The van der Waals surface area contributed by atoms with Gasteiger partial charge in [0.15, 0.2) is 17.2 Å². The van der Waals surface area contributed by atoms with Crippen LogP contribution in [-0.4, -0.2) is 60.1 Å². The van der Waals surface area contributed by atoms with E-state index in [-0.39, 0.29) is 29.0 Å². The largest absolute Gasteiger partial charge is 0.503 e. The Labute approximate surface area is 170 Å². The summed E-state index contributed by atoms with van der Waals surface area (Å²) in [6, 6.07) is 8.93. The molecule has 0 unspecified atom stereocenters. The molecule has 0 aliphatic carbocycles. The van der Waals surface area contributed by atoms with E-state index < -0.39 is 5.91 Å². The lowest BCUT2D eigenvalue weighted by molar-refractivity contribution is -0.134. The summed E-state index contributed by atoms with van der Waals surface area (Å²) in [5, 5.41) is 12.8. The van der Waals surface area contributed by atoms with Gasteiger partial charge in [-0.25, -0.2) is 4.98 Å². The van der Waals surface area contributed by atoms with Gasteiger partial charge in [-0.05, 0) is 24.3 Å². The minimum absolute atomic E-state index is 0.0166. The van der Waals surface area contributed by atoms with Crippen LogP contribution in [-0.2, 0) is 4.79 Å². The zero-order chi connectivity index (χ0) is 21.0. The van der Waals surface area contributed by atoms with Gasteiger partial charge in [0.2, 0.25) is 5.91 Å².